The molecule has 1 fully saturated rings. The Labute approximate surface area is 127 Å². The fourth-order valence-corrected chi connectivity index (χ4v) is 3.12. The Kier molecular flexibility index (Phi) is 5.76. The number of nitrogens with zero attached hydrogens (tertiary/aromatic N) is 2. The summed E-state index contributed by atoms with van der Waals surface area (Å²) in [7, 11) is 0. The highest BCUT2D eigenvalue weighted by Crippen LogP contribution is 2.24. The van der Waals surface area contributed by atoms with Crippen molar-refractivity contribution < 1.29 is 4.79 Å². The van der Waals surface area contributed by atoms with Gasteiger partial charge in [0.15, 0.2) is 0 Å². The normalized spacial score (nSPS) is 20.6. The van der Waals surface area contributed by atoms with Gasteiger partial charge < -0.3 is 10.6 Å². The monoisotopic (exact) mass is 289 g/mol. The van der Waals surface area contributed by atoms with E-state index in [1.807, 2.05) is 35.2 Å². The van der Waals surface area contributed by atoms with Crippen molar-refractivity contribution in [2.45, 2.75) is 38.8 Å². The van der Waals surface area contributed by atoms with Crippen LogP contribution in [0.3, 0.4) is 0 Å². The molecule has 1 amide bonds. The zero-order valence-electron chi connectivity index (χ0n) is 13.2. The first-order valence-electron chi connectivity index (χ1n) is 8.00. The zero-order valence-corrected chi connectivity index (χ0v) is 13.2. The minimum absolute atomic E-state index is 0.121. The molecule has 2 atom stereocenters. The van der Waals surface area contributed by atoms with Gasteiger partial charge in [-0.3, -0.25) is 9.69 Å². The molecule has 0 aliphatic carbocycles. The summed E-state index contributed by atoms with van der Waals surface area (Å²) >= 11 is 0. The number of nitrogens with two attached hydrogens (primary N) is 1. The lowest BCUT2D eigenvalue weighted by atomic mass is 10.0. The van der Waals surface area contributed by atoms with Gasteiger partial charge in [-0.2, -0.15) is 0 Å². The Hall–Kier alpha value is -1.39. The number of hydrogen-bond acceptors (Lipinski definition) is 3. The van der Waals surface area contributed by atoms with Crippen LogP contribution < -0.4 is 5.73 Å². The summed E-state index contributed by atoms with van der Waals surface area (Å²) in [6, 6.07) is 10.0. The van der Waals surface area contributed by atoms with Crippen LogP contribution in [0.5, 0.6) is 0 Å². The van der Waals surface area contributed by atoms with Crippen LogP contribution in [0.15, 0.2) is 30.3 Å². The molecule has 2 rings (SSSR count). The molecule has 1 aromatic rings. The molecule has 4 heteroatoms. The van der Waals surface area contributed by atoms with E-state index in [1.54, 1.807) is 0 Å². The van der Waals surface area contributed by atoms with Gasteiger partial charge in [0.1, 0.15) is 6.04 Å². The molecule has 0 radical (unpaired) electrons. The van der Waals surface area contributed by atoms with Crippen LogP contribution in [0.2, 0.25) is 0 Å². The molecule has 1 saturated heterocycles. The third-order valence-corrected chi connectivity index (χ3v) is 4.30. The molecule has 0 saturated carbocycles. The number of rotatable bonds is 5. The molecule has 1 aliphatic rings. The SMILES string of the molecule is CCN(CC)C(C(=O)N1CCCC(N)C1)c1ccccc1. The third kappa shape index (κ3) is 3.83. The third-order valence-electron chi connectivity index (χ3n) is 4.30. The van der Waals surface area contributed by atoms with Gasteiger partial charge in [-0.15, -0.1) is 0 Å². The summed E-state index contributed by atoms with van der Waals surface area (Å²) in [5.41, 5.74) is 7.11. The second-order valence-corrected chi connectivity index (χ2v) is 5.72. The topological polar surface area (TPSA) is 49.6 Å². The predicted octanol–water partition coefficient (Wildman–Crippen LogP) is 2.02. The molecule has 0 bridgehead atoms. The summed E-state index contributed by atoms with van der Waals surface area (Å²) in [5.74, 6) is 0.194. The van der Waals surface area contributed by atoms with Gasteiger partial charge in [0, 0.05) is 19.1 Å². The van der Waals surface area contributed by atoms with E-state index < -0.39 is 0 Å². The smallest absolute Gasteiger partial charge is 0.244 e. The van der Waals surface area contributed by atoms with Gasteiger partial charge in [0.05, 0.1) is 0 Å². The van der Waals surface area contributed by atoms with Gasteiger partial charge in [-0.25, -0.2) is 0 Å². The summed E-state index contributed by atoms with van der Waals surface area (Å²) in [4.78, 5) is 17.2. The van der Waals surface area contributed by atoms with Crippen molar-refractivity contribution in [3.63, 3.8) is 0 Å². The van der Waals surface area contributed by atoms with Crippen molar-refractivity contribution in [3.8, 4) is 0 Å². The first kappa shape index (κ1) is 16.0. The molecule has 2 N–H and O–H groups in total. The highest BCUT2D eigenvalue weighted by Gasteiger charge is 2.31. The number of carbonyl (C=O) groups is 1. The molecular weight excluding hydrogens is 262 g/mol. The number of hydrogen-bond donors (Lipinski definition) is 1. The number of benzene rings is 1. The van der Waals surface area contributed by atoms with E-state index in [0.717, 1.165) is 38.0 Å². The molecule has 116 valence electrons. The molecule has 0 aromatic heterocycles. The summed E-state index contributed by atoms with van der Waals surface area (Å²) < 4.78 is 0. The number of carbonyl (C=O) groups excluding carboxylic acids is 1. The van der Waals surface area contributed by atoms with Crippen molar-refractivity contribution in [2.24, 2.45) is 5.73 Å². The number of amides is 1. The van der Waals surface area contributed by atoms with Crippen LogP contribution in [0.1, 0.15) is 38.3 Å². The fourth-order valence-electron chi connectivity index (χ4n) is 3.12. The lowest BCUT2D eigenvalue weighted by Gasteiger charge is -2.37. The van der Waals surface area contributed by atoms with Crippen LogP contribution in [-0.4, -0.2) is 47.9 Å². The van der Waals surface area contributed by atoms with E-state index in [0.29, 0.717) is 6.54 Å². The maximum atomic E-state index is 13.0. The Morgan fingerprint density at radius 1 is 1.33 bits per heavy atom. The molecule has 1 aliphatic heterocycles. The maximum Gasteiger partial charge on any atom is 0.244 e. The van der Waals surface area contributed by atoms with Crippen molar-refractivity contribution in [1.29, 1.82) is 0 Å². The van der Waals surface area contributed by atoms with E-state index in [9.17, 15) is 4.79 Å². The molecule has 21 heavy (non-hydrogen) atoms. The lowest BCUT2D eigenvalue weighted by molar-refractivity contribution is -0.138. The summed E-state index contributed by atoms with van der Waals surface area (Å²) in [6.45, 7) is 7.45. The summed E-state index contributed by atoms with van der Waals surface area (Å²) in [5, 5.41) is 0. The average Bonchev–Trinajstić information content (AvgIpc) is 2.52. The molecule has 1 heterocycles. The van der Waals surface area contributed by atoms with Crippen molar-refractivity contribution >= 4 is 5.91 Å². The Morgan fingerprint density at radius 2 is 2.00 bits per heavy atom. The molecule has 4 nitrogen and oxygen atoms in total. The van der Waals surface area contributed by atoms with E-state index in [2.05, 4.69) is 18.7 Å². The van der Waals surface area contributed by atoms with Gasteiger partial charge in [0.25, 0.3) is 0 Å². The van der Waals surface area contributed by atoms with Crippen molar-refractivity contribution in [3.05, 3.63) is 35.9 Å². The highest BCUT2D eigenvalue weighted by molar-refractivity contribution is 5.83. The van der Waals surface area contributed by atoms with Gasteiger partial charge in [-0.1, -0.05) is 44.2 Å². The second-order valence-electron chi connectivity index (χ2n) is 5.72. The quantitative estimate of drug-likeness (QED) is 0.902. The van der Waals surface area contributed by atoms with Crippen LogP contribution >= 0.6 is 0 Å². The van der Waals surface area contributed by atoms with Gasteiger partial charge in [-0.05, 0) is 31.5 Å². The van der Waals surface area contributed by atoms with E-state index >= 15 is 0 Å². The summed E-state index contributed by atoms with van der Waals surface area (Å²) in [6.07, 6.45) is 2.03. The van der Waals surface area contributed by atoms with Gasteiger partial charge in [0.2, 0.25) is 5.91 Å². The molecule has 2 unspecified atom stereocenters. The van der Waals surface area contributed by atoms with Crippen molar-refractivity contribution in [2.75, 3.05) is 26.2 Å². The average molecular weight is 289 g/mol. The minimum atomic E-state index is -0.188. The lowest BCUT2D eigenvalue weighted by Crippen LogP contribution is -2.50. The van der Waals surface area contributed by atoms with Gasteiger partial charge >= 0.3 is 0 Å². The molecular formula is C17H27N3O. The fraction of sp³-hybridized carbons (Fsp3) is 0.588. The van der Waals surface area contributed by atoms with E-state index in [4.69, 9.17) is 5.73 Å². The predicted molar refractivity (Wildman–Crippen MR) is 85.9 cm³/mol. The Balaban J connectivity index is 2.24. The van der Waals surface area contributed by atoms with Crippen LogP contribution in [0.25, 0.3) is 0 Å². The van der Waals surface area contributed by atoms with E-state index in [-0.39, 0.29) is 18.0 Å². The Morgan fingerprint density at radius 3 is 2.57 bits per heavy atom. The van der Waals surface area contributed by atoms with Crippen LogP contribution in [-0.2, 0) is 4.79 Å². The zero-order chi connectivity index (χ0) is 15.2. The number of likely N-dealkylation sites (tertiary alicyclic amines) is 1. The largest absolute Gasteiger partial charge is 0.339 e. The van der Waals surface area contributed by atoms with Crippen molar-refractivity contribution in [1.82, 2.24) is 9.80 Å². The Bertz CT molecular complexity index is 445. The second kappa shape index (κ2) is 7.57. The molecule has 1 aromatic carbocycles. The first-order valence-corrected chi connectivity index (χ1v) is 8.00. The van der Waals surface area contributed by atoms with Crippen LogP contribution in [0, 0.1) is 0 Å². The maximum absolute atomic E-state index is 13.0. The minimum Gasteiger partial charge on any atom is -0.339 e. The number of likely N-dealkylation sites (N-methyl/N-ethyl adjacent to an activating group) is 1. The molecule has 0 spiro atoms. The number of piperidine rings is 1. The highest BCUT2D eigenvalue weighted by atomic mass is 16.2. The first-order chi connectivity index (χ1) is 10.2. The van der Waals surface area contributed by atoms with E-state index in [1.165, 1.54) is 0 Å². The standard InChI is InChI=1S/C17H27N3O/c1-3-19(4-2)16(14-9-6-5-7-10-14)17(21)20-12-8-11-15(18)13-20/h5-7,9-10,15-16H,3-4,8,11-13,18H2,1-2H3. The van der Waals surface area contributed by atoms with Crippen LogP contribution in [0.4, 0.5) is 0 Å².